The van der Waals surface area contributed by atoms with Crippen LogP contribution in [0, 0.1) is 0 Å². The molecule has 1 aromatic carbocycles. The molecule has 0 aliphatic carbocycles. The monoisotopic (exact) mass is 350 g/mol. The largest absolute Gasteiger partial charge is 0.497 e. The van der Waals surface area contributed by atoms with Crippen molar-refractivity contribution in [3.63, 3.8) is 0 Å². The van der Waals surface area contributed by atoms with Crippen molar-refractivity contribution in [3.8, 4) is 5.75 Å². The summed E-state index contributed by atoms with van der Waals surface area (Å²) in [4.78, 5) is 28.6. The fraction of sp³-hybridized carbons (Fsp3) is 0.529. The van der Waals surface area contributed by atoms with E-state index in [1.807, 2.05) is 31.2 Å². The van der Waals surface area contributed by atoms with E-state index in [1.165, 1.54) is 0 Å². The zero-order chi connectivity index (χ0) is 17.1. The summed E-state index contributed by atoms with van der Waals surface area (Å²) in [6.07, 6.45) is 0. The molecule has 1 aromatic rings. The Morgan fingerprint density at radius 3 is 2.58 bits per heavy atom. The number of morpholine rings is 1. The maximum absolute atomic E-state index is 12.8. The van der Waals surface area contributed by atoms with E-state index in [0.717, 1.165) is 11.3 Å². The minimum absolute atomic E-state index is 0.00679. The first kappa shape index (κ1) is 17.1. The summed E-state index contributed by atoms with van der Waals surface area (Å²) in [5.74, 6) is 1.18. The van der Waals surface area contributed by atoms with E-state index in [2.05, 4.69) is 0 Å². The summed E-state index contributed by atoms with van der Waals surface area (Å²) in [5, 5.41) is -0.136. The first-order valence-electron chi connectivity index (χ1n) is 8.05. The summed E-state index contributed by atoms with van der Waals surface area (Å²) in [7, 11) is 1.62. The van der Waals surface area contributed by atoms with Gasteiger partial charge in [0.25, 0.3) is 0 Å². The standard InChI is InChI=1S/C17H22N2O4S/c1-12(16(21)18-7-9-23-10-8-18)19-15(20)11-24-17(19)13-3-5-14(22-2)6-4-13/h3-6,12,17H,7-11H2,1-2H3/t12-,17+/m0/s1. The minimum Gasteiger partial charge on any atom is -0.497 e. The second kappa shape index (κ2) is 7.44. The number of thioether (sulfide) groups is 1. The van der Waals surface area contributed by atoms with Crippen molar-refractivity contribution in [2.24, 2.45) is 0 Å². The Balaban J connectivity index is 1.77. The second-order valence-electron chi connectivity index (χ2n) is 5.85. The lowest BCUT2D eigenvalue weighted by Gasteiger charge is -2.35. The topological polar surface area (TPSA) is 59.1 Å². The molecule has 0 spiro atoms. The Morgan fingerprint density at radius 2 is 1.96 bits per heavy atom. The van der Waals surface area contributed by atoms with E-state index in [0.29, 0.717) is 32.1 Å². The molecule has 0 radical (unpaired) electrons. The Kier molecular flexibility index (Phi) is 5.30. The first-order valence-corrected chi connectivity index (χ1v) is 9.10. The van der Waals surface area contributed by atoms with Crippen LogP contribution >= 0.6 is 11.8 Å². The van der Waals surface area contributed by atoms with Crippen LogP contribution in [0.1, 0.15) is 17.9 Å². The maximum atomic E-state index is 12.8. The SMILES string of the molecule is COc1ccc([C@H]2SCC(=O)N2[C@@H](C)C(=O)N2CCOCC2)cc1. The van der Waals surface area contributed by atoms with Gasteiger partial charge in [0, 0.05) is 13.1 Å². The average Bonchev–Trinajstić information content (AvgIpc) is 3.02. The number of amides is 2. The molecule has 2 amide bonds. The van der Waals surface area contributed by atoms with Crippen LogP contribution in [0.15, 0.2) is 24.3 Å². The van der Waals surface area contributed by atoms with Crippen molar-refractivity contribution in [1.29, 1.82) is 0 Å². The highest BCUT2D eigenvalue weighted by Gasteiger charge is 2.40. The van der Waals surface area contributed by atoms with Crippen LogP contribution in [-0.4, -0.2) is 66.8 Å². The summed E-state index contributed by atoms with van der Waals surface area (Å²) in [6.45, 7) is 4.11. The molecule has 2 fully saturated rings. The van der Waals surface area contributed by atoms with Crippen molar-refractivity contribution >= 4 is 23.6 Å². The molecule has 2 atom stereocenters. The molecule has 3 rings (SSSR count). The number of hydrogen-bond acceptors (Lipinski definition) is 5. The molecule has 7 heteroatoms. The summed E-state index contributed by atoms with van der Waals surface area (Å²) >= 11 is 1.56. The lowest BCUT2D eigenvalue weighted by atomic mass is 10.1. The van der Waals surface area contributed by atoms with E-state index in [9.17, 15) is 9.59 Å². The van der Waals surface area contributed by atoms with Gasteiger partial charge in [-0.15, -0.1) is 11.8 Å². The maximum Gasteiger partial charge on any atom is 0.245 e. The smallest absolute Gasteiger partial charge is 0.245 e. The number of rotatable bonds is 4. The van der Waals surface area contributed by atoms with E-state index < -0.39 is 6.04 Å². The highest BCUT2D eigenvalue weighted by molar-refractivity contribution is 8.00. The van der Waals surface area contributed by atoms with Crippen LogP contribution in [0.2, 0.25) is 0 Å². The average molecular weight is 350 g/mol. The minimum atomic E-state index is -0.474. The molecule has 0 unspecified atom stereocenters. The number of nitrogens with zero attached hydrogens (tertiary/aromatic N) is 2. The molecule has 2 saturated heterocycles. The van der Waals surface area contributed by atoms with E-state index in [-0.39, 0.29) is 17.2 Å². The molecular formula is C17H22N2O4S. The first-order chi connectivity index (χ1) is 11.6. The predicted octanol–water partition coefficient (Wildman–Crippen LogP) is 1.52. The lowest BCUT2D eigenvalue weighted by Crippen LogP contribution is -2.51. The summed E-state index contributed by atoms with van der Waals surface area (Å²) < 4.78 is 10.5. The molecule has 2 aliphatic heterocycles. The van der Waals surface area contributed by atoms with Gasteiger partial charge in [0.1, 0.15) is 17.2 Å². The number of carbonyl (C=O) groups excluding carboxylic acids is 2. The van der Waals surface area contributed by atoms with Gasteiger partial charge in [-0.25, -0.2) is 0 Å². The van der Waals surface area contributed by atoms with Gasteiger partial charge in [0.15, 0.2) is 0 Å². The molecule has 24 heavy (non-hydrogen) atoms. The predicted molar refractivity (Wildman–Crippen MR) is 91.9 cm³/mol. The zero-order valence-electron chi connectivity index (χ0n) is 13.9. The third kappa shape index (κ3) is 3.37. The summed E-state index contributed by atoms with van der Waals surface area (Å²) in [5.41, 5.74) is 1.01. The van der Waals surface area contributed by atoms with Crippen LogP contribution in [0.4, 0.5) is 0 Å². The van der Waals surface area contributed by atoms with Crippen molar-refractivity contribution in [2.45, 2.75) is 18.3 Å². The molecular weight excluding hydrogens is 328 g/mol. The van der Waals surface area contributed by atoms with E-state index >= 15 is 0 Å². The number of benzene rings is 1. The Morgan fingerprint density at radius 1 is 1.29 bits per heavy atom. The summed E-state index contributed by atoms with van der Waals surface area (Å²) in [6, 6.07) is 7.19. The van der Waals surface area contributed by atoms with Crippen LogP contribution < -0.4 is 4.74 Å². The van der Waals surface area contributed by atoms with Crippen molar-refractivity contribution in [2.75, 3.05) is 39.2 Å². The molecule has 0 N–H and O–H groups in total. The van der Waals surface area contributed by atoms with Gasteiger partial charge in [-0.3, -0.25) is 9.59 Å². The van der Waals surface area contributed by atoms with Crippen LogP contribution in [0.3, 0.4) is 0 Å². The highest BCUT2D eigenvalue weighted by atomic mass is 32.2. The number of hydrogen-bond donors (Lipinski definition) is 0. The highest BCUT2D eigenvalue weighted by Crippen LogP contribution is 2.40. The van der Waals surface area contributed by atoms with Crippen LogP contribution in [0.5, 0.6) is 5.75 Å². The van der Waals surface area contributed by atoms with Crippen molar-refractivity contribution in [3.05, 3.63) is 29.8 Å². The Hall–Kier alpha value is -1.73. The van der Waals surface area contributed by atoms with Gasteiger partial charge in [0.05, 0.1) is 26.1 Å². The lowest BCUT2D eigenvalue weighted by molar-refractivity contribution is -0.146. The fourth-order valence-electron chi connectivity index (χ4n) is 3.05. The molecule has 0 aromatic heterocycles. The van der Waals surface area contributed by atoms with E-state index in [4.69, 9.17) is 9.47 Å². The molecule has 2 aliphatic rings. The van der Waals surface area contributed by atoms with Gasteiger partial charge in [0.2, 0.25) is 11.8 Å². The quantitative estimate of drug-likeness (QED) is 0.824. The fourth-order valence-corrected chi connectivity index (χ4v) is 4.31. The second-order valence-corrected chi connectivity index (χ2v) is 6.92. The van der Waals surface area contributed by atoms with E-state index in [1.54, 1.807) is 28.7 Å². The zero-order valence-corrected chi connectivity index (χ0v) is 14.8. The van der Waals surface area contributed by atoms with Gasteiger partial charge in [-0.1, -0.05) is 12.1 Å². The molecule has 0 bridgehead atoms. The third-order valence-electron chi connectivity index (χ3n) is 4.40. The Labute approximate surface area is 146 Å². The molecule has 0 saturated carbocycles. The van der Waals surface area contributed by atoms with Gasteiger partial charge in [-0.05, 0) is 24.6 Å². The Bertz CT molecular complexity index is 601. The molecule has 130 valence electrons. The van der Waals surface area contributed by atoms with Crippen molar-refractivity contribution < 1.29 is 19.1 Å². The number of ether oxygens (including phenoxy) is 2. The molecule has 6 nitrogen and oxygen atoms in total. The number of carbonyl (C=O) groups is 2. The normalized spacial score (nSPS) is 22.6. The van der Waals surface area contributed by atoms with Gasteiger partial charge >= 0.3 is 0 Å². The van der Waals surface area contributed by atoms with Crippen molar-refractivity contribution in [1.82, 2.24) is 9.80 Å². The van der Waals surface area contributed by atoms with Gasteiger partial charge in [-0.2, -0.15) is 0 Å². The third-order valence-corrected chi connectivity index (χ3v) is 5.63. The van der Waals surface area contributed by atoms with Crippen LogP contribution in [-0.2, 0) is 14.3 Å². The van der Waals surface area contributed by atoms with Crippen LogP contribution in [0.25, 0.3) is 0 Å². The molecule has 2 heterocycles. The van der Waals surface area contributed by atoms with Gasteiger partial charge < -0.3 is 19.3 Å². The number of methoxy groups -OCH3 is 1.